The van der Waals surface area contributed by atoms with Gasteiger partial charge in [0.25, 0.3) is 0 Å². The number of aliphatic hydroxyl groups excluding tert-OH is 1. The number of allylic oxidation sites excluding steroid dienone is 9. The van der Waals surface area contributed by atoms with Gasteiger partial charge in [-0.1, -0.05) is 152 Å². The van der Waals surface area contributed by atoms with Gasteiger partial charge in [0.1, 0.15) is 0 Å². The van der Waals surface area contributed by atoms with E-state index in [9.17, 15) is 9.90 Å². The zero-order valence-electron chi connectivity index (χ0n) is 27.2. The van der Waals surface area contributed by atoms with Crippen LogP contribution in [0.3, 0.4) is 0 Å². The fourth-order valence-corrected chi connectivity index (χ4v) is 4.67. The third-order valence-electron chi connectivity index (χ3n) is 7.33. The molecule has 1 amide bonds. The lowest BCUT2D eigenvalue weighted by atomic mass is 10.1. The summed E-state index contributed by atoms with van der Waals surface area (Å²) in [6.45, 7) is 5.05. The van der Waals surface area contributed by atoms with Gasteiger partial charge in [0.15, 0.2) is 0 Å². The van der Waals surface area contributed by atoms with E-state index >= 15 is 0 Å². The summed E-state index contributed by atoms with van der Waals surface area (Å²) in [6.07, 6.45) is 48.3. The van der Waals surface area contributed by atoms with Gasteiger partial charge in [-0.05, 0) is 64.2 Å². The first kappa shape index (κ1) is 39.1. The van der Waals surface area contributed by atoms with Crippen LogP contribution in [0.5, 0.6) is 0 Å². The number of amides is 1. The molecule has 0 heterocycles. The fourth-order valence-electron chi connectivity index (χ4n) is 4.67. The molecule has 0 aliphatic carbocycles. The molecule has 0 rings (SSSR count). The zero-order valence-corrected chi connectivity index (χ0v) is 27.2. The minimum atomic E-state index is -0.466. The van der Waals surface area contributed by atoms with Gasteiger partial charge in [-0.3, -0.25) is 4.79 Å². The molecule has 0 aromatic carbocycles. The number of carbonyl (C=O) groups is 1. The molecule has 3 heteroatoms. The molecule has 236 valence electrons. The van der Waals surface area contributed by atoms with Crippen LogP contribution in [0, 0.1) is 0 Å². The zero-order chi connectivity index (χ0) is 29.9. The highest BCUT2D eigenvalue weighted by atomic mass is 16.3. The van der Waals surface area contributed by atoms with Gasteiger partial charge in [-0.25, -0.2) is 0 Å². The van der Waals surface area contributed by atoms with Crippen LogP contribution in [0.4, 0.5) is 0 Å². The molecule has 0 aromatic rings. The molecule has 1 unspecified atom stereocenters. The summed E-state index contributed by atoms with van der Waals surface area (Å²) in [5.74, 6) is 0.0815. The van der Waals surface area contributed by atoms with Crippen molar-refractivity contribution in [3.8, 4) is 0 Å². The van der Waals surface area contributed by atoms with Crippen molar-refractivity contribution in [3.05, 3.63) is 60.8 Å². The van der Waals surface area contributed by atoms with Crippen LogP contribution in [0.2, 0.25) is 0 Å². The molecular weight excluding hydrogens is 502 g/mol. The molecule has 0 bridgehead atoms. The van der Waals surface area contributed by atoms with E-state index in [1.807, 2.05) is 6.08 Å². The molecular formula is C38H67NO2. The van der Waals surface area contributed by atoms with Crippen LogP contribution in [-0.2, 0) is 4.79 Å². The third-order valence-corrected chi connectivity index (χ3v) is 7.33. The van der Waals surface area contributed by atoms with Gasteiger partial charge in [0.2, 0.25) is 5.91 Å². The first-order valence-corrected chi connectivity index (χ1v) is 17.4. The van der Waals surface area contributed by atoms with Gasteiger partial charge < -0.3 is 10.4 Å². The summed E-state index contributed by atoms with van der Waals surface area (Å²) in [4.78, 5) is 12.0. The Morgan fingerprint density at radius 3 is 1.54 bits per heavy atom. The predicted molar refractivity (Wildman–Crippen MR) is 182 cm³/mol. The molecule has 0 radical (unpaired) electrons. The third kappa shape index (κ3) is 34.2. The predicted octanol–water partition coefficient (Wildman–Crippen LogP) is 11.3. The summed E-state index contributed by atoms with van der Waals surface area (Å²) in [5.41, 5.74) is 0. The number of nitrogens with one attached hydrogen (secondary N) is 1. The maximum atomic E-state index is 12.0. The normalized spacial score (nSPS) is 13.1. The van der Waals surface area contributed by atoms with Gasteiger partial charge >= 0.3 is 0 Å². The highest BCUT2D eigenvalue weighted by Gasteiger charge is 2.02. The average molecular weight is 570 g/mol. The number of carbonyl (C=O) groups excluding carboxylic acids is 1. The van der Waals surface area contributed by atoms with Crippen LogP contribution >= 0.6 is 0 Å². The molecule has 0 aromatic heterocycles. The van der Waals surface area contributed by atoms with Crippen molar-refractivity contribution in [1.82, 2.24) is 5.32 Å². The van der Waals surface area contributed by atoms with Crippen molar-refractivity contribution < 1.29 is 9.90 Å². The Morgan fingerprint density at radius 1 is 0.561 bits per heavy atom. The molecule has 0 saturated carbocycles. The van der Waals surface area contributed by atoms with Gasteiger partial charge in [-0.15, -0.1) is 0 Å². The number of hydrogen-bond acceptors (Lipinski definition) is 2. The number of rotatable bonds is 30. The van der Waals surface area contributed by atoms with Crippen molar-refractivity contribution in [2.75, 3.05) is 6.54 Å². The second-order valence-electron chi connectivity index (χ2n) is 11.4. The highest BCUT2D eigenvalue weighted by Crippen LogP contribution is 2.12. The quantitative estimate of drug-likeness (QED) is 0.0667. The van der Waals surface area contributed by atoms with Crippen LogP contribution in [0.15, 0.2) is 60.8 Å². The van der Waals surface area contributed by atoms with E-state index in [2.05, 4.69) is 73.8 Å². The Bertz CT molecular complexity index is 688. The maximum absolute atomic E-state index is 12.0. The summed E-state index contributed by atoms with van der Waals surface area (Å²) in [7, 11) is 0. The Hall–Kier alpha value is -1.87. The molecule has 0 aliphatic rings. The van der Waals surface area contributed by atoms with E-state index in [0.29, 0.717) is 19.4 Å². The minimum absolute atomic E-state index is 0.0815. The molecule has 0 spiro atoms. The fraction of sp³-hybridized carbons (Fsp3) is 0.711. The monoisotopic (exact) mass is 570 g/mol. The molecule has 0 aliphatic heterocycles. The summed E-state index contributed by atoms with van der Waals surface area (Å²) < 4.78 is 0. The largest absolute Gasteiger partial charge is 0.389 e. The van der Waals surface area contributed by atoms with Gasteiger partial charge in [0.05, 0.1) is 6.10 Å². The SMILES string of the molecule is CCCCC/C=C\C/C=C\C/C=C\C/C=C\CCCC(=O)NCCC(O)C=CCCCCCCCCCCCCC. The topological polar surface area (TPSA) is 49.3 Å². The summed E-state index contributed by atoms with van der Waals surface area (Å²) in [5, 5.41) is 13.1. The molecule has 3 nitrogen and oxygen atoms in total. The lowest BCUT2D eigenvalue weighted by Gasteiger charge is -2.07. The van der Waals surface area contributed by atoms with E-state index in [1.165, 1.54) is 96.3 Å². The number of hydrogen-bond donors (Lipinski definition) is 2. The molecule has 0 fully saturated rings. The molecule has 2 N–H and O–H groups in total. The van der Waals surface area contributed by atoms with Crippen LogP contribution < -0.4 is 5.32 Å². The lowest BCUT2D eigenvalue weighted by molar-refractivity contribution is -0.121. The number of unbranched alkanes of at least 4 members (excludes halogenated alkanes) is 15. The molecule has 1 atom stereocenters. The van der Waals surface area contributed by atoms with E-state index in [4.69, 9.17) is 0 Å². The average Bonchev–Trinajstić information content (AvgIpc) is 2.97. The Balaban J connectivity index is 3.52. The van der Waals surface area contributed by atoms with Crippen LogP contribution in [0.25, 0.3) is 0 Å². The Kier molecular flexibility index (Phi) is 32.8. The smallest absolute Gasteiger partial charge is 0.220 e. The molecule has 41 heavy (non-hydrogen) atoms. The summed E-state index contributed by atoms with van der Waals surface area (Å²) >= 11 is 0. The standard InChI is InChI=1S/C38H67NO2/c1-3-5-7-9-11-13-15-17-18-19-20-22-24-26-28-30-32-34-38(41)39-36-35-37(40)33-31-29-27-25-23-21-16-14-12-10-8-6-4-2/h11,13,17-18,20,22,26,28,31,33,37,40H,3-10,12,14-16,19,21,23-25,27,29-30,32,34-36H2,1-2H3,(H,39,41)/b13-11-,18-17-,22-20-,28-26-,33-31?. The lowest BCUT2D eigenvalue weighted by Crippen LogP contribution is -2.26. The second-order valence-corrected chi connectivity index (χ2v) is 11.4. The van der Waals surface area contributed by atoms with Crippen molar-refractivity contribution in [3.63, 3.8) is 0 Å². The van der Waals surface area contributed by atoms with E-state index < -0.39 is 6.10 Å². The van der Waals surface area contributed by atoms with Crippen molar-refractivity contribution in [1.29, 1.82) is 0 Å². The molecule has 0 saturated heterocycles. The Labute approximate surface area is 255 Å². The second kappa shape index (κ2) is 34.3. The van der Waals surface area contributed by atoms with Crippen LogP contribution in [0.1, 0.15) is 162 Å². The van der Waals surface area contributed by atoms with E-state index in [1.54, 1.807) is 0 Å². The number of aliphatic hydroxyl groups is 1. The van der Waals surface area contributed by atoms with Crippen molar-refractivity contribution in [2.24, 2.45) is 0 Å². The van der Waals surface area contributed by atoms with Crippen molar-refractivity contribution in [2.45, 2.75) is 168 Å². The Morgan fingerprint density at radius 2 is 0.976 bits per heavy atom. The first-order chi connectivity index (χ1) is 20.2. The van der Waals surface area contributed by atoms with Crippen molar-refractivity contribution >= 4 is 5.91 Å². The summed E-state index contributed by atoms with van der Waals surface area (Å²) in [6, 6.07) is 0. The first-order valence-electron chi connectivity index (χ1n) is 17.4. The maximum Gasteiger partial charge on any atom is 0.220 e. The van der Waals surface area contributed by atoms with Gasteiger partial charge in [0, 0.05) is 13.0 Å². The van der Waals surface area contributed by atoms with E-state index in [-0.39, 0.29) is 5.91 Å². The van der Waals surface area contributed by atoms with E-state index in [0.717, 1.165) is 38.5 Å². The highest BCUT2D eigenvalue weighted by molar-refractivity contribution is 5.75. The van der Waals surface area contributed by atoms with Crippen LogP contribution in [-0.4, -0.2) is 23.7 Å². The minimum Gasteiger partial charge on any atom is -0.389 e. The van der Waals surface area contributed by atoms with Gasteiger partial charge in [-0.2, -0.15) is 0 Å².